The lowest BCUT2D eigenvalue weighted by Gasteiger charge is -2.10. The predicted octanol–water partition coefficient (Wildman–Crippen LogP) is 4.44. The number of benzene rings is 2. The molecule has 0 saturated carbocycles. The normalized spacial score (nSPS) is 12.0. The van der Waals surface area contributed by atoms with E-state index in [-0.39, 0.29) is 11.3 Å². The highest BCUT2D eigenvalue weighted by Crippen LogP contribution is 2.31. The number of alkyl halides is 2. The molecule has 0 unspecified atom stereocenters. The van der Waals surface area contributed by atoms with Gasteiger partial charge in [-0.3, -0.25) is 0 Å². The van der Waals surface area contributed by atoms with E-state index in [9.17, 15) is 34.8 Å². The first-order valence-electron chi connectivity index (χ1n) is 7.51. The maximum atomic E-state index is 14.2. The molecule has 0 fully saturated rings. The fourth-order valence-corrected chi connectivity index (χ4v) is 3.46. The van der Waals surface area contributed by atoms with Crippen molar-refractivity contribution in [3.63, 3.8) is 0 Å². The molecule has 2 aromatic carbocycles. The molecule has 0 N–H and O–H groups in total. The van der Waals surface area contributed by atoms with Crippen LogP contribution >= 0.6 is 0 Å². The molecule has 0 aliphatic carbocycles. The summed E-state index contributed by atoms with van der Waals surface area (Å²) in [5.74, 6) is -4.96. The summed E-state index contributed by atoms with van der Waals surface area (Å²) in [6.07, 6.45) is -2.49. The number of hydrogen-bond donors (Lipinski definition) is 0. The Balaban J connectivity index is 2.28. The SMILES string of the molecule is CS(=O)(=O)c1c(F)cc(-n2nc(C(F)F)cc2-c2cc(F)cc(F)c2)cc1F. The third kappa shape index (κ3) is 3.75. The number of halogens is 6. The van der Waals surface area contributed by atoms with Crippen LogP contribution in [0.25, 0.3) is 16.9 Å². The van der Waals surface area contributed by atoms with Crippen molar-refractivity contribution in [3.8, 4) is 16.9 Å². The molecule has 1 aromatic heterocycles. The van der Waals surface area contributed by atoms with Crippen LogP contribution in [0, 0.1) is 23.3 Å². The maximum Gasteiger partial charge on any atom is 0.282 e. The van der Waals surface area contributed by atoms with Gasteiger partial charge in [-0.15, -0.1) is 0 Å². The second kappa shape index (κ2) is 6.97. The standard InChI is InChI=1S/C17H10F6N2O2S/c1-28(26,27)16-12(20)5-11(6-13(16)21)25-15(7-14(24-25)17(22)23)8-2-9(18)4-10(19)3-8/h2-7,17H,1H3. The zero-order valence-electron chi connectivity index (χ0n) is 13.9. The Hall–Kier alpha value is -2.82. The van der Waals surface area contributed by atoms with Gasteiger partial charge in [-0.05, 0) is 18.2 Å². The largest absolute Gasteiger partial charge is 0.282 e. The summed E-state index contributed by atoms with van der Waals surface area (Å²) >= 11 is 0. The fourth-order valence-electron chi connectivity index (χ4n) is 2.63. The molecule has 28 heavy (non-hydrogen) atoms. The van der Waals surface area contributed by atoms with Gasteiger partial charge in [0, 0.05) is 30.0 Å². The molecule has 0 spiro atoms. The molecule has 4 nitrogen and oxygen atoms in total. The number of aromatic nitrogens is 2. The average Bonchev–Trinajstić information content (AvgIpc) is 2.97. The molecule has 1 heterocycles. The average molecular weight is 420 g/mol. The van der Waals surface area contributed by atoms with Gasteiger partial charge in [0.2, 0.25) is 0 Å². The quantitative estimate of drug-likeness (QED) is 0.587. The van der Waals surface area contributed by atoms with Crippen LogP contribution in [-0.2, 0) is 9.84 Å². The van der Waals surface area contributed by atoms with Crippen LogP contribution in [0.15, 0.2) is 41.3 Å². The Bertz CT molecular complexity index is 1130. The molecule has 0 saturated heterocycles. The molecule has 3 aromatic rings. The minimum atomic E-state index is -4.24. The first-order chi connectivity index (χ1) is 13.0. The molecular weight excluding hydrogens is 410 g/mol. The Kier molecular flexibility index (Phi) is 4.96. The third-order valence-electron chi connectivity index (χ3n) is 3.71. The Morgan fingerprint density at radius 2 is 1.43 bits per heavy atom. The second-order valence-electron chi connectivity index (χ2n) is 5.84. The summed E-state index contributed by atoms with van der Waals surface area (Å²) in [5.41, 5.74) is -1.76. The zero-order chi connectivity index (χ0) is 20.8. The molecule has 11 heteroatoms. The third-order valence-corrected chi connectivity index (χ3v) is 4.84. The molecule has 0 bridgehead atoms. The van der Waals surface area contributed by atoms with Gasteiger partial charge < -0.3 is 0 Å². The van der Waals surface area contributed by atoms with E-state index in [4.69, 9.17) is 0 Å². The van der Waals surface area contributed by atoms with Gasteiger partial charge in [-0.25, -0.2) is 39.4 Å². The van der Waals surface area contributed by atoms with Gasteiger partial charge >= 0.3 is 0 Å². The van der Waals surface area contributed by atoms with E-state index < -0.39 is 55.8 Å². The van der Waals surface area contributed by atoms with Crippen LogP contribution in [0.2, 0.25) is 0 Å². The topological polar surface area (TPSA) is 52.0 Å². The van der Waals surface area contributed by atoms with Crippen molar-refractivity contribution in [2.24, 2.45) is 0 Å². The Morgan fingerprint density at radius 1 is 0.893 bits per heavy atom. The first kappa shape index (κ1) is 19.9. The highest BCUT2D eigenvalue weighted by atomic mass is 32.2. The summed E-state index contributed by atoms with van der Waals surface area (Å²) in [4.78, 5) is -1.20. The van der Waals surface area contributed by atoms with E-state index in [0.717, 1.165) is 18.2 Å². The number of rotatable bonds is 4. The minimum Gasteiger partial charge on any atom is -0.232 e. The van der Waals surface area contributed by atoms with Crippen LogP contribution in [0.5, 0.6) is 0 Å². The molecule has 0 amide bonds. The van der Waals surface area contributed by atoms with Gasteiger partial charge in [0.15, 0.2) is 9.84 Å². The first-order valence-corrected chi connectivity index (χ1v) is 9.40. The lowest BCUT2D eigenvalue weighted by atomic mass is 10.1. The summed E-state index contributed by atoms with van der Waals surface area (Å²) in [6.45, 7) is 0. The minimum absolute atomic E-state index is 0.218. The molecule has 0 aliphatic rings. The van der Waals surface area contributed by atoms with Crippen molar-refractivity contribution in [3.05, 3.63) is 65.4 Å². The number of hydrogen-bond acceptors (Lipinski definition) is 3. The van der Waals surface area contributed by atoms with Crippen molar-refractivity contribution < 1.29 is 34.8 Å². The second-order valence-corrected chi connectivity index (χ2v) is 7.79. The number of nitrogens with zero attached hydrogens (tertiary/aromatic N) is 2. The Labute approximate surface area is 155 Å². The van der Waals surface area contributed by atoms with Gasteiger partial charge in [0.25, 0.3) is 6.43 Å². The highest BCUT2D eigenvalue weighted by molar-refractivity contribution is 7.90. The Morgan fingerprint density at radius 3 is 1.89 bits per heavy atom. The van der Waals surface area contributed by atoms with Crippen molar-refractivity contribution in [1.29, 1.82) is 0 Å². The van der Waals surface area contributed by atoms with E-state index in [1.54, 1.807) is 0 Å². The summed E-state index contributed by atoms with van der Waals surface area (Å²) in [5, 5.41) is 3.53. The molecule has 0 radical (unpaired) electrons. The summed E-state index contributed by atoms with van der Waals surface area (Å²) in [6, 6.07) is 4.15. The number of sulfone groups is 1. The summed E-state index contributed by atoms with van der Waals surface area (Å²) in [7, 11) is -4.24. The van der Waals surface area contributed by atoms with Gasteiger partial charge in [-0.1, -0.05) is 0 Å². The van der Waals surface area contributed by atoms with Crippen LogP contribution in [0.4, 0.5) is 26.3 Å². The molecule has 0 atom stereocenters. The van der Waals surface area contributed by atoms with E-state index in [1.807, 2.05) is 0 Å². The van der Waals surface area contributed by atoms with Gasteiger partial charge in [0.05, 0.1) is 11.4 Å². The van der Waals surface area contributed by atoms with E-state index in [2.05, 4.69) is 5.10 Å². The maximum absolute atomic E-state index is 14.2. The van der Waals surface area contributed by atoms with Crippen molar-refractivity contribution >= 4 is 9.84 Å². The van der Waals surface area contributed by atoms with Crippen molar-refractivity contribution in [2.45, 2.75) is 11.3 Å². The molecular formula is C17H10F6N2O2S. The van der Waals surface area contributed by atoms with E-state index in [0.29, 0.717) is 29.1 Å². The van der Waals surface area contributed by atoms with Crippen LogP contribution in [0.3, 0.4) is 0 Å². The summed E-state index contributed by atoms with van der Waals surface area (Å²) < 4.78 is 105. The molecule has 0 aliphatic heterocycles. The predicted molar refractivity (Wildman–Crippen MR) is 86.9 cm³/mol. The fraction of sp³-hybridized carbons (Fsp3) is 0.118. The van der Waals surface area contributed by atoms with Gasteiger partial charge in [0.1, 0.15) is 33.9 Å². The van der Waals surface area contributed by atoms with Gasteiger partial charge in [-0.2, -0.15) is 5.10 Å². The lowest BCUT2D eigenvalue weighted by molar-refractivity contribution is 0.145. The van der Waals surface area contributed by atoms with E-state index >= 15 is 0 Å². The smallest absolute Gasteiger partial charge is 0.232 e. The van der Waals surface area contributed by atoms with E-state index in [1.165, 1.54) is 0 Å². The van der Waals surface area contributed by atoms with Crippen LogP contribution in [-0.4, -0.2) is 24.5 Å². The molecule has 3 rings (SSSR count). The highest BCUT2D eigenvalue weighted by Gasteiger charge is 2.24. The zero-order valence-corrected chi connectivity index (χ0v) is 14.7. The van der Waals surface area contributed by atoms with Crippen LogP contribution < -0.4 is 0 Å². The molecule has 148 valence electrons. The van der Waals surface area contributed by atoms with Crippen LogP contribution in [0.1, 0.15) is 12.1 Å². The van der Waals surface area contributed by atoms with Crippen molar-refractivity contribution in [2.75, 3.05) is 6.26 Å². The monoisotopic (exact) mass is 420 g/mol. The lowest BCUT2D eigenvalue weighted by Crippen LogP contribution is -2.08. The van der Waals surface area contributed by atoms with Crippen molar-refractivity contribution in [1.82, 2.24) is 9.78 Å².